The normalized spacial score (nSPS) is 15.2. The molecule has 8 heteroatoms. The maximum absolute atomic E-state index is 12.9. The molecule has 2 aromatic rings. The number of amides is 1. The number of benzene rings is 2. The third-order valence-corrected chi connectivity index (χ3v) is 6.45. The summed E-state index contributed by atoms with van der Waals surface area (Å²) in [4.78, 5) is 12.2. The van der Waals surface area contributed by atoms with Crippen molar-refractivity contribution in [3.8, 4) is 5.75 Å². The van der Waals surface area contributed by atoms with Crippen LogP contribution < -0.4 is 10.1 Å². The van der Waals surface area contributed by atoms with Gasteiger partial charge in [-0.2, -0.15) is 4.31 Å². The lowest BCUT2D eigenvalue weighted by Crippen LogP contribution is -2.35. The lowest BCUT2D eigenvalue weighted by molar-refractivity contribution is 0.0947. The predicted octanol–water partition coefficient (Wildman–Crippen LogP) is 2.81. The molecule has 0 aliphatic carbocycles. The van der Waals surface area contributed by atoms with Gasteiger partial charge < -0.3 is 10.1 Å². The Balaban J connectivity index is 1.48. The van der Waals surface area contributed by atoms with Crippen molar-refractivity contribution in [3.63, 3.8) is 0 Å². The number of piperidine rings is 1. The molecule has 1 aliphatic heterocycles. The van der Waals surface area contributed by atoms with Gasteiger partial charge in [0, 0.05) is 18.7 Å². The van der Waals surface area contributed by atoms with E-state index in [1.54, 1.807) is 12.1 Å². The van der Waals surface area contributed by atoms with Gasteiger partial charge >= 0.3 is 0 Å². The molecule has 0 aromatic heterocycles. The van der Waals surface area contributed by atoms with Crippen LogP contribution in [-0.4, -0.2) is 44.9 Å². The van der Waals surface area contributed by atoms with Crippen LogP contribution in [0.4, 0.5) is 4.39 Å². The van der Waals surface area contributed by atoms with Gasteiger partial charge in [-0.1, -0.05) is 6.42 Å². The topological polar surface area (TPSA) is 75.7 Å². The summed E-state index contributed by atoms with van der Waals surface area (Å²) in [6.45, 7) is 1.62. The summed E-state index contributed by atoms with van der Waals surface area (Å²) in [5, 5.41) is 2.68. The summed E-state index contributed by atoms with van der Waals surface area (Å²) < 4.78 is 45.1. The van der Waals surface area contributed by atoms with E-state index >= 15 is 0 Å². The zero-order valence-electron chi connectivity index (χ0n) is 15.4. The Morgan fingerprint density at radius 2 is 1.64 bits per heavy atom. The van der Waals surface area contributed by atoms with Gasteiger partial charge in [-0.25, -0.2) is 12.8 Å². The fourth-order valence-corrected chi connectivity index (χ4v) is 4.52. The molecule has 0 unspecified atom stereocenters. The van der Waals surface area contributed by atoms with Crippen molar-refractivity contribution < 1.29 is 22.3 Å². The number of halogens is 1. The monoisotopic (exact) mass is 406 g/mol. The number of rotatable bonds is 7. The van der Waals surface area contributed by atoms with E-state index in [-0.39, 0.29) is 24.0 Å². The Morgan fingerprint density at radius 1 is 1.00 bits per heavy atom. The number of carbonyl (C=O) groups is 1. The molecule has 1 saturated heterocycles. The van der Waals surface area contributed by atoms with Crippen LogP contribution in [0, 0.1) is 5.82 Å². The molecule has 1 N–H and O–H groups in total. The predicted molar refractivity (Wildman–Crippen MR) is 103 cm³/mol. The molecule has 0 radical (unpaired) electrons. The number of ether oxygens (including phenoxy) is 1. The van der Waals surface area contributed by atoms with Gasteiger partial charge in [-0.15, -0.1) is 0 Å². The molecule has 6 nitrogen and oxygen atoms in total. The molecule has 0 saturated carbocycles. The van der Waals surface area contributed by atoms with E-state index in [0.29, 0.717) is 24.4 Å². The summed E-state index contributed by atoms with van der Waals surface area (Å²) in [7, 11) is -3.45. The van der Waals surface area contributed by atoms with Gasteiger partial charge in [0.05, 0.1) is 11.4 Å². The van der Waals surface area contributed by atoms with E-state index in [1.165, 1.54) is 40.7 Å². The van der Waals surface area contributed by atoms with E-state index in [0.717, 1.165) is 19.3 Å². The lowest BCUT2D eigenvalue weighted by atomic mass is 10.2. The van der Waals surface area contributed by atoms with Crippen molar-refractivity contribution in [1.82, 2.24) is 9.62 Å². The lowest BCUT2D eigenvalue weighted by Gasteiger charge is -2.25. The first kappa shape index (κ1) is 20.3. The van der Waals surface area contributed by atoms with Crippen molar-refractivity contribution in [3.05, 3.63) is 59.9 Å². The van der Waals surface area contributed by atoms with E-state index in [4.69, 9.17) is 4.74 Å². The van der Waals surface area contributed by atoms with E-state index in [1.807, 2.05) is 0 Å². The van der Waals surface area contributed by atoms with Crippen LogP contribution in [0.2, 0.25) is 0 Å². The number of sulfonamides is 1. The fourth-order valence-electron chi connectivity index (χ4n) is 3.00. The third kappa shape index (κ3) is 5.08. The second-order valence-corrected chi connectivity index (χ2v) is 8.49. The number of hydrogen-bond acceptors (Lipinski definition) is 4. The van der Waals surface area contributed by atoms with Crippen LogP contribution in [0.25, 0.3) is 0 Å². The molecular weight excluding hydrogens is 383 g/mol. The molecule has 1 amide bonds. The molecule has 1 aliphatic rings. The first-order chi connectivity index (χ1) is 13.5. The van der Waals surface area contributed by atoms with Crippen molar-refractivity contribution in [2.45, 2.75) is 24.2 Å². The Labute approximate surface area is 164 Å². The molecule has 0 spiro atoms. The second kappa shape index (κ2) is 9.16. The zero-order valence-corrected chi connectivity index (χ0v) is 16.3. The summed E-state index contributed by atoms with van der Waals surface area (Å²) in [5.74, 6) is -0.189. The summed E-state index contributed by atoms with van der Waals surface area (Å²) in [5.41, 5.74) is 0.369. The van der Waals surface area contributed by atoms with Gasteiger partial charge in [0.2, 0.25) is 10.0 Å². The minimum Gasteiger partial charge on any atom is -0.492 e. The SMILES string of the molecule is O=C(NCCOc1ccc(S(=O)(=O)N2CCCCC2)cc1)c1ccc(F)cc1. The molecule has 0 bridgehead atoms. The minimum atomic E-state index is -3.45. The molecular formula is C20H23FN2O4S. The second-order valence-electron chi connectivity index (χ2n) is 6.55. The standard InChI is InChI=1S/C20H23FN2O4S/c21-17-6-4-16(5-7-17)20(24)22-12-15-27-18-8-10-19(11-9-18)28(25,26)23-13-2-1-3-14-23/h4-11H,1-3,12-15H2,(H,22,24). The number of nitrogens with zero attached hydrogens (tertiary/aromatic N) is 1. The Morgan fingerprint density at radius 3 is 2.29 bits per heavy atom. The van der Waals surface area contributed by atoms with Crippen LogP contribution in [0.3, 0.4) is 0 Å². The molecule has 150 valence electrons. The van der Waals surface area contributed by atoms with Crippen molar-refractivity contribution in [2.75, 3.05) is 26.2 Å². The van der Waals surface area contributed by atoms with Gasteiger partial charge in [-0.3, -0.25) is 4.79 Å². The van der Waals surface area contributed by atoms with Crippen LogP contribution in [0.15, 0.2) is 53.4 Å². The smallest absolute Gasteiger partial charge is 0.251 e. The Bertz CT molecular complexity index is 893. The summed E-state index contributed by atoms with van der Waals surface area (Å²) in [6, 6.07) is 11.6. The third-order valence-electron chi connectivity index (χ3n) is 4.54. The highest BCUT2D eigenvalue weighted by molar-refractivity contribution is 7.89. The number of hydrogen-bond donors (Lipinski definition) is 1. The zero-order chi connectivity index (χ0) is 20.0. The maximum atomic E-state index is 12.9. The van der Waals surface area contributed by atoms with Gasteiger partial charge in [0.15, 0.2) is 0 Å². The van der Waals surface area contributed by atoms with Crippen LogP contribution >= 0.6 is 0 Å². The van der Waals surface area contributed by atoms with E-state index in [2.05, 4.69) is 5.32 Å². The number of carbonyl (C=O) groups excluding carboxylic acids is 1. The molecule has 2 aromatic carbocycles. The molecule has 1 fully saturated rings. The highest BCUT2D eigenvalue weighted by Gasteiger charge is 2.25. The quantitative estimate of drug-likeness (QED) is 0.718. The van der Waals surface area contributed by atoms with E-state index < -0.39 is 15.8 Å². The number of nitrogens with one attached hydrogen (secondary N) is 1. The average molecular weight is 406 g/mol. The van der Waals surface area contributed by atoms with Crippen LogP contribution in [0.5, 0.6) is 5.75 Å². The Kier molecular flexibility index (Phi) is 6.64. The molecule has 1 heterocycles. The maximum Gasteiger partial charge on any atom is 0.251 e. The van der Waals surface area contributed by atoms with Crippen LogP contribution in [-0.2, 0) is 10.0 Å². The average Bonchev–Trinajstić information content (AvgIpc) is 2.72. The summed E-state index contributed by atoms with van der Waals surface area (Å²) >= 11 is 0. The highest BCUT2D eigenvalue weighted by Crippen LogP contribution is 2.22. The van der Waals surface area contributed by atoms with Gasteiger partial charge in [-0.05, 0) is 61.4 Å². The van der Waals surface area contributed by atoms with Crippen molar-refractivity contribution in [2.24, 2.45) is 0 Å². The van der Waals surface area contributed by atoms with Gasteiger partial charge in [0.1, 0.15) is 18.2 Å². The largest absolute Gasteiger partial charge is 0.492 e. The molecule has 28 heavy (non-hydrogen) atoms. The Hall–Kier alpha value is -2.45. The highest BCUT2D eigenvalue weighted by atomic mass is 32.2. The van der Waals surface area contributed by atoms with Gasteiger partial charge in [0.25, 0.3) is 5.91 Å². The molecule has 3 rings (SSSR count). The summed E-state index contributed by atoms with van der Waals surface area (Å²) in [6.07, 6.45) is 2.85. The van der Waals surface area contributed by atoms with Crippen molar-refractivity contribution >= 4 is 15.9 Å². The van der Waals surface area contributed by atoms with Crippen molar-refractivity contribution in [1.29, 1.82) is 0 Å². The first-order valence-corrected chi connectivity index (χ1v) is 10.7. The molecule has 0 atom stereocenters. The minimum absolute atomic E-state index is 0.227. The fraction of sp³-hybridized carbons (Fsp3) is 0.350. The van der Waals surface area contributed by atoms with E-state index in [9.17, 15) is 17.6 Å². The first-order valence-electron chi connectivity index (χ1n) is 9.23. The van der Waals surface area contributed by atoms with Crippen LogP contribution in [0.1, 0.15) is 29.6 Å².